The van der Waals surface area contributed by atoms with Crippen molar-refractivity contribution in [1.82, 2.24) is 19.6 Å². The van der Waals surface area contributed by atoms with Gasteiger partial charge in [0, 0.05) is 54.6 Å². The van der Waals surface area contributed by atoms with E-state index in [2.05, 4.69) is 54.5 Å². The van der Waals surface area contributed by atoms with Gasteiger partial charge in [0.1, 0.15) is 17.2 Å². The van der Waals surface area contributed by atoms with Crippen LogP contribution >= 0.6 is 15.9 Å². The number of carbonyl (C=O) groups excluding carboxylic acids is 2. The van der Waals surface area contributed by atoms with Crippen LogP contribution in [0.1, 0.15) is 26.4 Å². The first-order valence-electron chi connectivity index (χ1n) is 11.9. The average molecular weight is 565 g/mol. The number of hydrogen-bond acceptors (Lipinski definition) is 5. The number of nitrogens with one attached hydrogen (secondary N) is 2. The van der Waals surface area contributed by atoms with E-state index >= 15 is 0 Å². The lowest BCUT2D eigenvalue weighted by Crippen LogP contribution is -2.45. The summed E-state index contributed by atoms with van der Waals surface area (Å²) >= 11 is 3.37. The normalized spacial score (nSPS) is 14.1. The van der Waals surface area contributed by atoms with Gasteiger partial charge in [-0.1, -0.05) is 34.1 Å². The number of rotatable bonds is 6. The predicted octanol–water partition coefficient (Wildman–Crippen LogP) is 4.17. The largest absolute Gasteiger partial charge is 0.369 e. The lowest BCUT2D eigenvalue weighted by Gasteiger charge is -2.35. The van der Waals surface area contributed by atoms with Crippen LogP contribution in [0.15, 0.2) is 71.5 Å². The van der Waals surface area contributed by atoms with Crippen molar-refractivity contribution < 1.29 is 14.0 Å². The quantitative estimate of drug-likeness (QED) is 0.367. The number of imidazole rings is 1. The average Bonchev–Trinajstić information content (AvgIpc) is 3.32. The van der Waals surface area contributed by atoms with Crippen LogP contribution < -0.4 is 15.5 Å². The number of para-hydroxylation sites is 1. The molecule has 1 aliphatic heterocycles. The molecule has 4 aromatic rings. The number of anilines is 2. The molecule has 1 saturated heterocycles. The van der Waals surface area contributed by atoms with E-state index in [9.17, 15) is 14.0 Å². The van der Waals surface area contributed by atoms with Crippen molar-refractivity contribution in [2.24, 2.45) is 0 Å². The number of pyridine rings is 1. The van der Waals surface area contributed by atoms with Gasteiger partial charge in [-0.05, 0) is 49.0 Å². The molecule has 2 aromatic heterocycles. The summed E-state index contributed by atoms with van der Waals surface area (Å²) in [5.74, 6) is -1.53. The number of carbonyl (C=O) groups is 2. The standard InChI is InChI=1S/C27H26BrFN6O2/c1-33-10-12-34(13-11-33)23-5-3-2-4-19(23)16-31-26(36)18-6-7-21(29)22(14-18)32-27(37)24-17-30-25-15-20(28)8-9-35(24)25/h2-9,14-15,17H,10-13,16H2,1H3,(H,31,36)(H,32,37). The summed E-state index contributed by atoms with van der Waals surface area (Å²) in [6.07, 6.45) is 3.12. The van der Waals surface area contributed by atoms with E-state index in [1.807, 2.05) is 18.2 Å². The first-order chi connectivity index (χ1) is 17.9. The molecule has 0 radical (unpaired) electrons. The number of piperazine rings is 1. The molecule has 5 rings (SSSR count). The highest BCUT2D eigenvalue weighted by molar-refractivity contribution is 9.10. The third-order valence-corrected chi connectivity index (χ3v) is 6.95. The van der Waals surface area contributed by atoms with Crippen molar-refractivity contribution >= 4 is 44.8 Å². The predicted molar refractivity (Wildman–Crippen MR) is 145 cm³/mol. The molecule has 2 amide bonds. The molecular weight excluding hydrogens is 539 g/mol. The maximum atomic E-state index is 14.6. The van der Waals surface area contributed by atoms with E-state index in [0.717, 1.165) is 41.9 Å². The van der Waals surface area contributed by atoms with E-state index in [1.165, 1.54) is 24.4 Å². The fourth-order valence-electron chi connectivity index (χ4n) is 4.37. The number of aromatic nitrogens is 2. The summed E-state index contributed by atoms with van der Waals surface area (Å²) < 4.78 is 17.0. The van der Waals surface area contributed by atoms with Gasteiger partial charge in [-0.15, -0.1) is 0 Å². The third kappa shape index (κ3) is 5.50. The van der Waals surface area contributed by atoms with Gasteiger partial charge in [0.05, 0.1) is 11.9 Å². The fraction of sp³-hybridized carbons (Fsp3) is 0.222. The molecule has 37 heavy (non-hydrogen) atoms. The molecule has 0 saturated carbocycles. The molecule has 1 aliphatic rings. The van der Waals surface area contributed by atoms with Crippen LogP contribution in [0.3, 0.4) is 0 Å². The molecule has 0 spiro atoms. The highest BCUT2D eigenvalue weighted by atomic mass is 79.9. The molecule has 2 N–H and O–H groups in total. The first kappa shape index (κ1) is 24.9. The molecule has 1 fully saturated rings. The number of amides is 2. The summed E-state index contributed by atoms with van der Waals surface area (Å²) in [7, 11) is 2.11. The summed E-state index contributed by atoms with van der Waals surface area (Å²) in [5.41, 5.74) is 3.10. The lowest BCUT2D eigenvalue weighted by atomic mass is 10.1. The number of fused-ring (bicyclic) bond motifs is 1. The van der Waals surface area contributed by atoms with Crippen molar-refractivity contribution in [3.05, 3.63) is 94.1 Å². The van der Waals surface area contributed by atoms with Gasteiger partial charge in [0.2, 0.25) is 0 Å². The molecule has 0 bridgehead atoms. The van der Waals surface area contributed by atoms with Crippen LogP contribution in [-0.2, 0) is 6.54 Å². The van der Waals surface area contributed by atoms with Gasteiger partial charge in [-0.3, -0.25) is 14.0 Å². The minimum Gasteiger partial charge on any atom is -0.369 e. The second-order valence-electron chi connectivity index (χ2n) is 8.97. The monoisotopic (exact) mass is 564 g/mol. The zero-order valence-corrected chi connectivity index (χ0v) is 21.8. The van der Waals surface area contributed by atoms with Gasteiger partial charge >= 0.3 is 0 Å². The molecule has 2 aromatic carbocycles. The van der Waals surface area contributed by atoms with Crippen LogP contribution in [0, 0.1) is 5.82 Å². The van der Waals surface area contributed by atoms with Gasteiger partial charge in [-0.2, -0.15) is 0 Å². The Kier molecular flexibility index (Phi) is 7.20. The van der Waals surface area contributed by atoms with Crippen molar-refractivity contribution in [1.29, 1.82) is 0 Å². The van der Waals surface area contributed by atoms with Crippen LogP contribution in [0.4, 0.5) is 15.8 Å². The zero-order valence-electron chi connectivity index (χ0n) is 20.2. The zero-order chi connectivity index (χ0) is 25.9. The molecule has 10 heteroatoms. The van der Waals surface area contributed by atoms with Crippen LogP contribution in [-0.4, -0.2) is 59.3 Å². The molecule has 0 aliphatic carbocycles. The summed E-state index contributed by atoms with van der Waals surface area (Å²) in [6.45, 7) is 4.14. The number of halogens is 2. The van der Waals surface area contributed by atoms with Crippen LogP contribution in [0.5, 0.6) is 0 Å². The van der Waals surface area contributed by atoms with E-state index < -0.39 is 11.7 Å². The Balaban J connectivity index is 1.28. The SMILES string of the molecule is CN1CCN(c2ccccc2CNC(=O)c2ccc(F)c(NC(=O)c3cnc4cc(Br)ccn34)c2)CC1. The molecule has 3 heterocycles. The Bertz CT molecular complexity index is 1460. The number of likely N-dealkylation sites (N-methyl/N-ethyl adjacent to an activating group) is 1. The third-order valence-electron chi connectivity index (χ3n) is 6.46. The van der Waals surface area contributed by atoms with E-state index in [-0.39, 0.29) is 22.9 Å². The van der Waals surface area contributed by atoms with Crippen molar-refractivity contribution in [3.8, 4) is 0 Å². The molecule has 0 unspecified atom stereocenters. The summed E-state index contributed by atoms with van der Waals surface area (Å²) in [6, 6.07) is 15.5. The second kappa shape index (κ2) is 10.7. The van der Waals surface area contributed by atoms with Crippen molar-refractivity contribution in [3.63, 3.8) is 0 Å². The maximum Gasteiger partial charge on any atom is 0.274 e. The Labute approximate surface area is 222 Å². The van der Waals surface area contributed by atoms with Gasteiger partial charge in [0.15, 0.2) is 0 Å². The minimum atomic E-state index is -0.637. The summed E-state index contributed by atoms with van der Waals surface area (Å²) in [4.78, 5) is 34.6. The van der Waals surface area contributed by atoms with Crippen molar-refractivity contribution in [2.75, 3.05) is 43.4 Å². The molecule has 8 nitrogen and oxygen atoms in total. The topological polar surface area (TPSA) is 82.0 Å². The van der Waals surface area contributed by atoms with E-state index in [1.54, 1.807) is 22.7 Å². The second-order valence-corrected chi connectivity index (χ2v) is 9.88. The number of benzene rings is 2. The van der Waals surface area contributed by atoms with Crippen LogP contribution in [0.25, 0.3) is 5.65 Å². The maximum absolute atomic E-state index is 14.6. The first-order valence-corrected chi connectivity index (χ1v) is 12.7. The lowest BCUT2D eigenvalue weighted by molar-refractivity contribution is 0.0949. The van der Waals surface area contributed by atoms with E-state index in [0.29, 0.717) is 12.2 Å². The Morgan fingerprint density at radius 1 is 1.03 bits per heavy atom. The minimum absolute atomic E-state index is 0.0810. The van der Waals surface area contributed by atoms with Crippen LogP contribution in [0.2, 0.25) is 0 Å². The molecule has 190 valence electrons. The van der Waals surface area contributed by atoms with E-state index in [4.69, 9.17) is 0 Å². The number of nitrogens with zero attached hydrogens (tertiary/aromatic N) is 4. The Morgan fingerprint density at radius 2 is 1.81 bits per heavy atom. The fourth-order valence-corrected chi connectivity index (χ4v) is 4.69. The Hall–Kier alpha value is -3.76. The molecular formula is C27H26BrFN6O2. The highest BCUT2D eigenvalue weighted by Crippen LogP contribution is 2.23. The Morgan fingerprint density at radius 3 is 2.62 bits per heavy atom. The molecule has 0 atom stereocenters. The summed E-state index contributed by atoms with van der Waals surface area (Å²) in [5, 5.41) is 5.50. The highest BCUT2D eigenvalue weighted by Gasteiger charge is 2.19. The van der Waals surface area contributed by atoms with Gasteiger partial charge < -0.3 is 20.4 Å². The van der Waals surface area contributed by atoms with Gasteiger partial charge in [-0.25, -0.2) is 9.37 Å². The van der Waals surface area contributed by atoms with Crippen molar-refractivity contribution in [2.45, 2.75) is 6.54 Å². The number of hydrogen-bond donors (Lipinski definition) is 2. The smallest absolute Gasteiger partial charge is 0.274 e. The van der Waals surface area contributed by atoms with Gasteiger partial charge in [0.25, 0.3) is 11.8 Å².